The molecule has 0 aliphatic carbocycles. The van der Waals surface area contributed by atoms with Crippen LogP contribution in [0.15, 0.2) is 24.3 Å². The molecule has 1 aromatic rings. The van der Waals surface area contributed by atoms with Gasteiger partial charge in [0.2, 0.25) is 0 Å². The van der Waals surface area contributed by atoms with Crippen LogP contribution >= 0.6 is 0 Å². The van der Waals surface area contributed by atoms with Crippen molar-refractivity contribution >= 4 is 5.69 Å². The van der Waals surface area contributed by atoms with Crippen LogP contribution in [0, 0.1) is 0 Å². The fraction of sp³-hybridized carbons (Fsp3) is 0.500. The van der Waals surface area contributed by atoms with Crippen molar-refractivity contribution in [1.82, 2.24) is 5.32 Å². The van der Waals surface area contributed by atoms with Gasteiger partial charge in [0.1, 0.15) is 6.10 Å². The fourth-order valence-electron chi connectivity index (χ4n) is 2.75. The van der Waals surface area contributed by atoms with Crippen molar-refractivity contribution in [2.24, 2.45) is 0 Å². The minimum atomic E-state index is -0.351. The zero-order chi connectivity index (χ0) is 10.3. The van der Waals surface area contributed by atoms with Gasteiger partial charge in [0.25, 0.3) is 0 Å². The van der Waals surface area contributed by atoms with Crippen LogP contribution < -0.4 is 10.6 Å². The molecular formula is C12H16N2O. The van der Waals surface area contributed by atoms with Crippen LogP contribution in [0.1, 0.15) is 24.5 Å². The predicted octanol–water partition coefficient (Wildman–Crippen LogP) is 1.27. The molecule has 2 aliphatic rings. The van der Waals surface area contributed by atoms with Gasteiger partial charge in [-0.15, -0.1) is 0 Å². The average molecular weight is 204 g/mol. The van der Waals surface area contributed by atoms with E-state index in [4.69, 9.17) is 0 Å². The summed E-state index contributed by atoms with van der Waals surface area (Å²) in [5.41, 5.74) is 2.04. The molecular weight excluding hydrogens is 188 g/mol. The number of anilines is 1. The summed E-state index contributed by atoms with van der Waals surface area (Å²) in [5.74, 6) is 0. The van der Waals surface area contributed by atoms with Crippen molar-refractivity contribution < 1.29 is 5.11 Å². The van der Waals surface area contributed by atoms with Gasteiger partial charge in [0, 0.05) is 11.3 Å². The lowest BCUT2D eigenvalue weighted by Crippen LogP contribution is -2.48. The third kappa shape index (κ3) is 1.27. The van der Waals surface area contributed by atoms with Crippen LogP contribution in [0.5, 0.6) is 0 Å². The molecule has 0 amide bonds. The highest BCUT2D eigenvalue weighted by molar-refractivity contribution is 5.60. The molecule has 15 heavy (non-hydrogen) atoms. The third-order valence-electron chi connectivity index (χ3n) is 3.66. The van der Waals surface area contributed by atoms with Crippen LogP contribution in [0.25, 0.3) is 0 Å². The number of nitrogens with one attached hydrogen (secondary N) is 2. The van der Waals surface area contributed by atoms with Gasteiger partial charge >= 0.3 is 0 Å². The first kappa shape index (κ1) is 9.19. The van der Waals surface area contributed by atoms with E-state index < -0.39 is 0 Å². The Hall–Kier alpha value is -1.06. The van der Waals surface area contributed by atoms with Gasteiger partial charge in [0.15, 0.2) is 0 Å². The van der Waals surface area contributed by atoms with Gasteiger partial charge in [-0.1, -0.05) is 18.2 Å². The van der Waals surface area contributed by atoms with Gasteiger partial charge in [0.05, 0.1) is 5.54 Å². The van der Waals surface area contributed by atoms with E-state index in [0.29, 0.717) is 0 Å². The smallest absolute Gasteiger partial charge is 0.104 e. The van der Waals surface area contributed by atoms with Gasteiger partial charge in [-0.2, -0.15) is 0 Å². The second-order valence-electron chi connectivity index (χ2n) is 4.52. The van der Waals surface area contributed by atoms with Crippen molar-refractivity contribution in [3.05, 3.63) is 29.8 Å². The van der Waals surface area contributed by atoms with E-state index in [9.17, 15) is 5.11 Å². The van der Waals surface area contributed by atoms with Crippen LogP contribution in [0.4, 0.5) is 5.69 Å². The van der Waals surface area contributed by atoms with Crippen molar-refractivity contribution in [3.8, 4) is 0 Å². The Balaban J connectivity index is 1.98. The number of hydrogen-bond acceptors (Lipinski definition) is 3. The average Bonchev–Trinajstić information content (AvgIpc) is 2.54. The van der Waals surface area contributed by atoms with E-state index in [1.165, 1.54) is 0 Å². The normalized spacial score (nSPS) is 27.4. The fourth-order valence-corrected chi connectivity index (χ4v) is 2.75. The summed E-state index contributed by atoms with van der Waals surface area (Å²) in [6, 6.07) is 8.07. The summed E-state index contributed by atoms with van der Waals surface area (Å²) in [5, 5.41) is 17.2. The lowest BCUT2D eigenvalue weighted by molar-refractivity contribution is 0.0873. The molecule has 0 saturated carbocycles. The number of rotatable bonds is 0. The quantitative estimate of drug-likeness (QED) is 0.596. The van der Waals surface area contributed by atoms with Crippen molar-refractivity contribution in [3.63, 3.8) is 0 Å². The Labute approximate surface area is 89.5 Å². The molecule has 3 N–H and O–H groups in total. The molecule has 1 saturated heterocycles. The molecule has 80 valence electrons. The van der Waals surface area contributed by atoms with Gasteiger partial charge < -0.3 is 15.7 Å². The number of aliphatic hydroxyl groups is 1. The summed E-state index contributed by atoms with van der Waals surface area (Å²) < 4.78 is 0. The van der Waals surface area contributed by atoms with Crippen molar-refractivity contribution in [2.45, 2.75) is 24.5 Å². The molecule has 3 rings (SSSR count). The van der Waals surface area contributed by atoms with E-state index in [-0.39, 0.29) is 11.6 Å². The SMILES string of the molecule is OC1c2ccccc2NC12CCNCC2. The molecule has 1 unspecified atom stereocenters. The molecule has 2 heterocycles. The summed E-state index contributed by atoms with van der Waals surface area (Å²) >= 11 is 0. The maximum absolute atomic E-state index is 10.4. The number of fused-ring (bicyclic) bond motifs is 1. The molecule has 1 atom stereocenters. The van der Waals surface area contributed by atoms with Gasteiger partial charge in [-0.05, 0) is 32.0 Å². The van der Waals surface area contributed by atoms with Gasteiger partial charge in [-0.25, -0.2) is 0 Å². The molecule has 0 radical (unpaired) electrons. The number of piperidine rings is 1. The number of benzene rings is 1. The Morgan fingerprint density at radius 3 is 2.67 bits per heavy atom. The molecule has 3 nitrogen and oxygen atoms in total. The minimum absolute atomic E-state index is 0.116. The lowest BCUT2D eigenvalue weighted by Gasteiger charge is -2.37. The van der Waals surface area contributed by atoms with Crippen LogP contribution in [-0.2, 0) is 0 Å². The first-order valence-electron chi connectivity index (χ1n) is 5.58. The van der Waals surface area contributed by atoms with E-state index in [2.05, 4.69) is 16.7 Å². The second kappa shape index (κ2) is 3.22. The van der Waals surface area contributed by atoms with Crippen LogP contribution in [0.3, 0.4) is 0 Å². The molecule has 1 fully saturated rings. The van der Waals surface area contributed by atoms with E-state index in [0.717, 1.165) is 37.2 Å². The highest BCUT2D eigenvalue weighted by atomic mass is 16.3. The first-order chi connectivity index (χ1) is 7.32. The molecule has 2 aliphatic heterocycles. The highest BCUT2D eigenvalue weighted by Crippen LogP contribution is 2.45. The number of para-hydroxylation sites is 1. The summed E-state index contributed by atoms with van der Waals surface area (Å²) in [6.07, 6.45) is 1.63. The minimum Gasteiger partial charge on any atom is -0.386 e. The van der Waals surface area contributed by atoms with Crippen molar-refractivity contribution in [2.75, 3.05) is 18.4 Å². The van der Waals surface area contributed by atoms with E-state index in [1.807, 2.05) is 18.2 Å². The largest absolute Gasteiger partial charge is 0.386 e. The monoisotopic (exact) mass is 204 g/mol. The predicted molar refractivity (Wildman–Crippen MR) is 59.9 cm³/mol. The molecule has 1 aromatic carbocycles. The maximum Gasteiger partial charge on any atom is 0.104 e. The maximum atomic E-state index is 10.4. The highest BCUT2D eigenvalue weighted by Gasteiger charge is 2.45. The van der Waals surface area contributed by atoms with E-state index in [1.54, 1.807) is 0 Å². The van der Waals surface area contributed by atoms with E-state index >= 15 is 0 Å². The Kier molecular flexibility index (Phi) is 1.97. The Morgan fingerprint density at radius 2 is 1.93 bits per heavy atom. The zero-order valence-corrected chi connectivity index (χ0v) is 8.66. The second-order valence-corrected chi connectivity index (χ2v) is 4.52. The third-order valence-corrected chi connectivity index (χ3v) is 3.66. The van der Waals surface area contributed by atoms with Gasteiger partial charge in [-0.3, -0.25) is 0 Å². The topological polar surface area (TPSA) is 44.3 Å². The lowest BCUT2D eigenvalue weighted by atomic mass is 9.83. The zero-order valence-electron chi connectivity index (χ0n) is 8.66. The van der Waals surface area contributed by atoms with Crippen LogP contribution in [0.2, 0.25) is 0 Å². The number of hydrogen-bond donors (Lipinski definition) is 3. The number of aliphatic hydroxyl groups excluding tert-OH is 1. The van der Waals surface area contributed by atoms with Crippen molar-refractivity contribution in [1.29, 1.82) is 0 Å². The summed E-state index contributed by atoms with van der Waals surface area (Å²) in [4.78, 5) is 0. The Morgan fingerprint density at radius 1 is 1.20 bits per heavy atom. The molecule has 3 heteroatoms. The Bertz CT molecular complexity index is 372. The standard InChI is InChI=1S/C12H16N2O/c15-11-9-3-1-2-4-10(9)14-12(11)5-7-13-8-6-12/h1-4,11,13-15H,5-8H2. The first-order valence-corrected chi connectivity index (χ1v) is 5.58. The molecule has 1 spiro atoms. The van der Waals surface area contributed by atoms with Crippen LogP contribution in [-0.4, -0.2) is 23.7 Å². The summed E-state index contributed by atoms with van der Waals surface area (Å²) in [7, 11) is 0. The summed E-state index contributed by atoms with van der Waals surface area (Å²) in [6.45, 7) is 1.97. The molecule has 0 aromatic heterocycles. The molecule has 0 bridgehead atoms.